The molecule has 0 radical (unpaired) electrons. The van der Waals surface area contributed by atoms with Gasteiger partial charge in [0.05, 0.1) is 0 Å². The fraction of sp³-hybridized carbons (Fsp3) is 0.478. The summed E-state index contributed by atoms with van der Waals surface area (Å²) in [6, 6.07) is 15.4. The summed E-state index contributed by atoms with van der Waals surface area (Å²) in [4.78, 5) is 0. The Hall–Kier alpha value is -2.12. The van der Waals surface area contributed by atoms with Crippen LogP contribution in [-0.4, -0.2) is 49.2 Å². The van der Waals surface area contributed by atoms with Crippen molar-refractivity contribution in [3.63, 3.8) is 0 Å². The first-order valence-corrected chi connectivity index (χ1v) is 9.94. The van der Waals surface area contributed by atoms with Gasteiger partial charge in [-0.25, -0.2) is 0 Å². The molecular weight excluding hydrogens is 372 g/mol. The van der Waals surface area contributed by atoms with Gasteiger partial charge < -0.3 is 29.2 Å². The highest BCUT2D eigenvalue weighted by Gasteiger charge is 2.30. The van der Waals surface area contributed by atoms with Gasteiger partial charge in [0.2, 0.25) is 0 Å². The molecule has 29 heavy (non-hydrogen) atoms. The van der Waals surface area contributed by atoms with E-state index in [4.69, 9.17) is 18.9 Å². The van der Waals surface area contributed by atoms with Crippen LogP contribution in [0.4, 0.5) is 0 Å². The van der Waals surface area contributed by atoms with E-state index >= 15 is 0 Å². The Morgan fingerprint density at radius 3 is 1.48 bits per heavy atom. The van der Waals surface area contributed by atoms with Crippen LogP contribution in [0.5, 0.6) is 11.5 Å². The Kier molecular flexibility index (Phi) is 8.92. The maximum Gasteiger partial charge on any atom is 0.189 e. The minimum atomic E-state index is -0.980. The summed E-state index contributed by atoms with van der Waals surface area (Å²) >= 11 is 0. The molecule has 2 rings (SSSR count). The van der Waals surface area contributed by atoms with Gasteiger partial charge in [-0.15, -0.1) is 0 Å². The van der Waals surface area contributed by atoms with Gasteiger partial charge >= 0.3 is 0 Å². The smallest absolute Gasteiger partial charge is 0.189 e. The fourth-order valence-corrected chi connectivity index (χ4v) is 3.17. The molecule has 0 aliphatic rings. The third-order valence-corrected chi connectivity index (χ3v) is 4.60. The summed E-state index contributed by atoms with van der Waals surface area (Å²) in [7, 11) is 0. The van der Waals surface area contributed by atoms with E-state index in [-0.39, 0.29) is 13.2 Å². The molecule has 0 aliphatic carbocycles. The first kappa shape index (κ1) is 23.2. The van der Waals surface area contributed by atoms with Crippen molar-refractivity contribution in [3.8, 4) is 11.5 Å². The van der Waals surface area contributed by atoms with Crippen LogP contribution in [0, 0.1) is 0 Å². The van der Waals surface area contributed by atoms with Crippen molar-refractivity contribution in [2.45, 2.75) is 45.7 Å². The highest BCUT2D eigenvalue weighted by molar-refractivity contribution is 5.50. The number of ether oxygens (including phenoxy) is 4. The second-order valence-electron chi connectivity index (χ2n) is 7.06. The van der Waals surface area contributed by atoms with Gasteiger partial charge in [0.25, 0.3) is 0 Å². The molecule has 0 heterocycles. The molecular formula is C23H32O6. The Labute approximate surface area is 173 Å². The van der Waals surface area contributed by atoms with E-state index in [2.05, 4.69) is 13.8 Å². The Morgan fingerprint density at radius 2 is 1.10 bits per heavy atom. The molecule has 0 aliphatic heterocycles. The zero-order chi connectivity index (χ0) is 21.3. The Morgan fingerprint density at radius 1 is 0.724 bits per heavy atom. The molecule has 6 heteroatoms. The van der Waals surface area contributed by atoms with Gasteiger partial charge in [-0.2, -0.15) is 0 Å². The van der Waals surface area contributed by atoms with E-state index in [9.17, 15) is 10.2 Å². The highest BCUT2D eigenvalue weighted by Crippen LogP contribution is 2.41. The van der Waals surface area contributed by atoms with Gasteiger partial charge in [0.1, 0.15) is 24.7 Å². The average molecular weight is 405 g/mol. The molecule has 2 unspecified atom stereocenters. The number of aliphatic hydroxyl groups is 2. The molecule has 2 aromatic rings. The van der Waals surface area contributed by atoms with Gasteiger partial charge in [-0.05, 0) is 26.0 Å². The molecule has 2 atom stereocenters. The fourth-order valence-electron chi connectivity index (χ4n) is 3.17. The van der Waals surface area contributed by atoms with Crippen molar-refractivity contribution in [3.05, 3.63) is 59.7 Å². The zero-order valence-electron chi connectivity index (χ0n) is 17.6. The lowest BCUT2D eigenvalue weighted by Crippen LogP contribution is -2.26. The predicted molar refractivity (Wildman–Crippen MR) is 111 cm³/mol. The van der Waals surface area contributed by atoms with E-state index in [1.165, 1.54) is 0 Å². The first-order chi connectivity index (χ1) is 13.9. The molecule has 0 saturated carbocycles. The van der Waals surface area contributed by atoms with Crippen molar-refractivity contribution in [2.24, 2.45) is 0 Å². The van der Waals surface area contributed by atoms with Crippen molar-refractivity contribution >= 4 is 0 Å². The van der Waals surface area contributed by atoms with Crippen LogP contribution in [0.3, 0.4) is 0 Å². The van der Waals surface area contributed by atoms with Crippen molar-refractivity contribution in [1.82, 2.24) is 0 Å². The summed E-state index contributed by atoms with van der Waals surface area (Å²) in [5, 5.41) is 19.7. The lowest BCUT2D eigenvalue weighted by atomic mass is 9.77. The maximum atomic E-state index is 9.83. The average Bonchev–Trinajstić information content (AvgIpc) is 2.71. The summed E-state index contributed by atoms with van der Waals surface area (Å²) in [5.74, 6) is 1.33. The van der Waals surface area contributed by atoms with Gasteiger partial charge in [-0.3, -0.25) is 0 Å². The minimum Gasteiger partial charge on any atom is -0.488 e. The second-order valence-corrected chi connectivity index (χ2v) is 7.06. The Balaban J connectivity index is 2.27. The molecule has 0 amide bonds. The molecule has 0 bridgehead atoms. The normalized spacial score (nSPS) is 13.7. The van der Waals surface area contributed by atoms with Crippen molar-refractivity contribution in [2.75, 3.05) is 26.4 Å². The lowest BCUT2D eigenvalue weighted by molar-refractivity contribution is -0.115. The van der Waals surface area contributed by atoms with E-state index in [0.29, 0.717) is 24.7 Å². The van der Waals surface area contributed by atoms with Crippen LogP contribution in [0.2, 0.25) is 0 Å². The molecule has 0 aromatic heterocycles. The molecule has 6 nitrogen and oxygen atoms in total. The zero-order valence-corrected chi connectivity index (χ0v) is 17.6. The topological polar surface area (TPSA) is 77.4 Å². The van der Waals surface area contributed by atoms with Crippen LogP contribution < -0.4 is 9.47 Å². The quantitative estimate of drug-likeness (QED) is 0.528. The number of para-hydroxylation sites is 2. The van der Waals surface area contributed by atoms with Gasteiger partial charge in [-0.1, -0.05) is 50.2 Å². The third kappa shape index (κ3) is 6.44. The van der Waals surface area contributed by atoms with Crippen LogP contribution in [0.1, 0.15) is 38.8 Å². The predicted octanol–water partition coefficient (Wildman–Crippen LogP) is 3.48. The molecule has 0 saturated heterocycles. The van der Waals surface area contributed by atoms with Crippen LogP contribution in [0.15, 0.2) is 48.5 Å². The van der Waals surface area contributed by atoms with Crippen molar-refractivity contribution < 1.29 is 29.2 Å². The van der Waals surface area contributed by atoms with Crippen LogP contribution >= 0.6 is 0 Å². The maximum absolute atomic E-state index is 9.83. The molecule has 2 aromatic carbocycles. The van der Waals surface area contributed by atoms with E-state index < -0.39 is 18.0 Å². The number of hydrogen-bond donors (Lipinski definition) is 2. The Bertz CT molecular complexity index is 684. The molecule has 0 spiro atoms. The second kappa shape index (κ2) is 11.2. The number of aliphatic hydroxyl groups excluding tert-OH is 2. The molecule has 160 valence electrons. The number of rotatable bonds is 12. The van der Waals surface area contributed by atoms with E-state index in [0.717, 1.165) is 11.1 Å². The summed E-state index contributed by atoms with van der Waals surface area (Å²) < 4.78 is 22.0. The first-order valence-electron chi connectivity index (χ1n) is 9.94. The summed E-state index contributed by atoms with van der Waals surface area (Å²) in [5.41, 5.74) is 1.44. The number of hydrogen-bond acceptors (Lipinski definition) is 6. The van der Waals surface area contributed by atoms with E-state index in [1.54, 1.807) is 0 Å². The van der Waals surface area contributed by atoms with Gasteiger partial charge in [0.15, 0.2) is 12.6 Å². The monoisotopic (exact) mass is 404 g/mol. The van der Waals surface area contributed by atoms with Crippen molar-refractivity contribution in [1.29, 1.82) is 0 Å². The standard InChI is InChI=1S/C23H32O6/c1-5-26-21(24)15-28-19-13-9-7-11-17(19)23(3,4)18-12-8-10-14-20(18)29-16-22(25)27-6-2/h7-14,21-22,24-25H,5-6,15-16H2,1-4H3. The largest absolute Gasteiger partial charge is 0.488 e. The minimum absolute atomic E-state index is 0.0413. The van der Waals surface area contributed by atoms with E-state index in [1.807, 2.05) is 62.4 Å². The number of benzene rings is 2. The SMILES string of the molecule is CCOC(O)COc1ccccc1C(C)(C)c1ccccc1OCC(O)OCC. The van der Waals surface area contributed by atoms with Crippen LogP contribution in [0.25, 0.3) is 0 Å². The van der Waals surface area contributed by atoms with Crippen LogP contribution in [-0.2, 0) is 14.9 Å². The molecule has 2 N–H and O–H groups in total. The van der Waals surface area contributed by atoms with Gasteiger partial charge in [0, 0.05) is 29.8 Å². The summed E-state index contributed by atoms with van der Waals surface area (Å²) in [6.45, 7) is 8.70. The summed E-state index contributed by atoms with van der Waals surface area (Å²) in [6.07, 6.45) is -1.96. The third-order valence-electron chi connectivity index (χ3n) is 4.60. The molecule has 0 fully saturated rings. The highest BCUT2D eigenvalue weighted by atomic mass is 16.6. The lowest BCUT2D eigenvalue weighted by Gasteiger charge is -2.30.